The molecular formula is C17H28N4O2. The van der Waals surface area contributed by atoms with Crippen LogP contribution in [0.25, 0.3) is 0 Å². The minimum atomic E-state index is -0.0588. The number of carbonyl (C=O) groups is 1. The van der Waals surface area contributed by atoms with Crippen molar-refractivity contribution in [2.75, 3.05) is 32.8 Å². The molecule has 1 aromatic rings. The van der Waals surface area contributed by atoms with E-state index >= 15 is 0 Å². The third-order valence-electron chi connectivity index (χ3n) is 2.92. The maximum absolute atomic E-state index is 11.6. The molecule has 6 nitrogen and oxygen atoms in total. The van der Waals surface area contributed by atoms with Gasteiger partial charge in [-0.3, -0.25) is 4.79 Å². The number of para-hydroxylation sites is 1. The average Bonchev–Trinajstić information content (AvgIpc) is 2.58. The maximum atomic E-state index is 11.6. The Morgan fingerprint density at radius 1 is 1.09 bits per heavy atom. The van der Waals surface area contributed by atoms with Gasteiger partial charge in [-0.1, -0.05) is 25.1 Å². The van der Waals surface area contributed by atoms with Crippen molar-refractivity contribution >= 4 is 11.9 Å². The zero-order chi connectivity index (χ0) is 16.8. The lowest BCUT2D eigenvalue weighted by atomic mass is 10.3. The molecule has 1 aromatic carbocycles. The third kappa shape index (κ3) is 9.39. The van der Waals surface area contributed by atoms with E-state index in [9.17, 15) is 4.79 Å². The van der Waals surface area contributed by atoms with Gasteiger partial charge >= 0.3 is 0 Å². The Balaban J connectivity index is 2.22. The van der Waals surface area contributed by atoms with E-state index in [2.05, 4.69) is 20.9 Å². The van der Waals surface area contributed by atoms with Gasteiger partial charge in [0.2, 0.25) is 5.91 Å². The summed E-state index contributed by atoms with van der Waals surface area (Å²) < 4.78 is 5.63. The van der Waals surface area contributed by atoms with Crippen LogP contribution in [0.15, 0.2) is 35.3 Å². The van der Waals surface area contributed by atoms with Gasteiger partial charge in [0.1, 0.15) is 12.3 Å². The molecule has 0 aromatic heterocycles. The molecule has 128 valence electrons. The second-order valence-electron chi connectivity index (χ2n) is 4.99. The average molecular weight is 320 g/mol. The molecule has 0 aliphatic carbocycles. The van der Waals surface area contributed by atoms with E-state index in [1.54, 1.807) is 0 Å². The van der Waals surface area contributed by atoms with E-state index in [0.29, 0.717) is 19.1 Å². The first-order chi connectivity index (χ1) is 11.3. The lowest BCUT2D eigenvalue weighted by Gasteiger charge is -2.11. The zero-order valence-electron chi connectivity index (χ0n) is 14.1. The molecule has 6 heteroatoms. The van der Waals surface area contributed by atoms with Gasteiger partial charge in [0.05, 0.1) is 6.61 Å². The quantitative estimate of drug-likeness (QED) is 0.347. The number of ether oxygens (including phenoxy) is 1. The lowest BCUT2D eigenvalue weighted by Crippen LogP contribution is -2.39. The number of hydrogen-bond acceptors (Lipinski definition) is 3. The van der Waals surface area contributed by atoms with Crippen LogP contribution in [0.5, 0.6) is 5.75 Å². The maximum Gasteiger partial charge on any atom is 0.241 e. The summed E-state index contributed by atoms with van der Waals surface area (Å²) in [7, 11) is 0. The predicted molar refractivity (Wildman–Crippen MR) is 93.8 cm³/mol. The van der Waals surface area contributed by atoms with Gasteiger partial charge in [-0.05, 0) is 31.9 Å². The number of amides is 1. The highest BCUT2D eigenvalue weighted by molar-refractivity contribution is 5.84. The first-order valence-electron chi connectivity index (χ1n) is 8.23. The largest absolute Gasteiger partial charge is 0.494 e. The highest BCUT2D eigenvalue weighted by atomic mass is 16.5. The zero-order valence-corrected chi connectivity index (χ0v) is 14.1. The normalized spacial score (nSPS) is 11.0. The van der Waals surface area contributed by atoms with Crippen LogP contribution in [-0.2, 0) is 4.79 Å². The fourth-order valence-corrected chi connectivity index (χ4v) is 1.80. The van der Waals surface area contributed by atoms with Crippen molar-refractivity contribution in [2.45, 2.75) is 26.7 Å². The van der Waals surface area contributed by atoms with Gasteiger partial charge in [-0.2, -0.15) is 0 Å². The number of hydrogen-bond donors (Lipinski definition) is 3. The molecule has 1 rings (SSSR count). The van der Waals surface area contributed by atoms with Gasteiger partial charge in [0.15, 0.2) is 5.96 Å². The molecule has 0 saturated carbocycles. The summed E-state index contributed by atoms with van der Waals surface area (Å²) in [5.74, 6) is 1.47. The van der Waals surface area contributed by atoms with Gasteiger partial charge in [-0.15, -0.1) is 0 Å². The van der Waals surface area contributed by atoms with Crippen molar-refractivity contribution < 1.29 is 9.53 Å². The summed E-state index contributed by atoms with van der Waals surface area (Å²) in [4.78, 5) is 15.8. The van der Waals surface area contributed by atoms with Crippen LogP contribution in [0.2, 0.25) is 0 Å². The number of nitrogens with zero attached hydrogens (tertiary/aromatic N) is 1. The van der Waals surface area contributed by atoms with Gasteiger partial charge in [-0.25, -0.2) is 4.99 Å². The number of carbonyl (C=O) groups excluding carboxylic acids is 1. The highest BCUT2D eigenvalue weighted by Gasteiger charge is 2.01. The van der Waals surface area contributed by atoms with Gasteiger partial charge in [0.25, 0.3) is 0 Å². The highest BCUT2D eigenvalue weighted by Crippen LogP contribution is 2.07. The van der Waals surface area contributed by atoms with Crippen molar-refractivity contribution in [3.63, 3.8) is 0 Å². The van der Waals surface area contributed by atoms with E-state index in [1.165, 1.54) is 0 Å². The Morgan fingerprint density at radius 3 is 2.57 bits per heavy atom. The second-order valence-corrected chi connectivity index (χ2v) is 4.99. The molecule has 0 unspecified atom stereocenters. The Hall–Kier alpha value is -2.24. The fourth-order valence-electron chi connectivity index (χ4n) is 1.80. The van der Waals surface area contributed by atoms with Gasteiger partial charge in [0, 0.05) is 19.6 Å². The molecule has 23 heavy (non-hydrogen) atoms. The van der Waals surface area contributed by atoms with Crippen LogP contribution >= 0.6 is 0 Å². The molecule has 0 atom stereocenters. The van der Waals surface area contributed by atoms with E-state index in [0.717, 1.165) is 31.7 Å². The van der Waals surface area contributed by atoms with E-state index in [4.69, 9.17) is 4.74 Å². The summed E-state index contributed by atoms with van der Waals surface area (Å²) in [6.45, 7) is 6.95. The molecule has 0 saturated heterocycles. The number of rotatable bonds is 10. The number of aliphatic imine (C=N–C) groups is 1. The first kappa shape index (κ1) is 18.8. The summed E-state index contributed by atoms with van der Waals surface area (Å²) in [5.41, 5.74) is 0. The molecule has 0 radical (unpaired) electrons. The van der Waals surface area contributed by atoms with Crippen molar-refractivity contribution in [3.8, 4) is 5.75 Å². The fraction of sp³-hybridized carbons (Fsp3) is 0.529. The van der Waals surface area contributed by atoms with Crippen LogP contribution in [0, 0.1) is 0 Å². The molecule has 0 aliphatic rings. The molecule has 0 bridgehead atoms. The van der Waals surface area contributed by atoms with Crippen molar-refractivity contribution in [2.24, 2.45) is 4.99 Å². The molecule has 1 amide bonds. The summed E-state index contributed by atoms with van der Waals surface area (Å²) in [6.07, 6.45) is 1.77. The van der Waals surface area contributed by atoms with Crippen LogP contribution in [-0.4, -0.2) is 44.7 Å². The van der Waals surface area contributed by atoms with Crippen LogP contribution in [0.3, 0.4) is 0 Å². The van der Waals surface area contributed by atoms with Crippen molar-refractivity contribution in [1.29, 1.82) is 0 Å². The topological polar surface area (TPSA) is 74.8 Å². The van der Waals surface area contributed by atoms with E-state index in [-0.39, 0.29) is 12.5 Å². The molecule has 0 spiro atoms. The van der Waals surface area contributed by atoms with E-state index < -0.39 is 0 Å². The Morgan fingerprint density at radius 2 is 1.87 bits per heavy atom. The Labute approximate surface area is 138 Å². The molecule has 3 N–H and O–H groups in total. The van der Waals surface area contributed by atoms with Crippen LogP contribution < -0.4 is 20.7 Å². The van der Waals surface area contributed by atoms with Gasteiger partial charge < -0.3 is 20.7 Å². The molecular weight excluding hydrogens is 292 g/mol. The number of nitrogens with one attached hydrogen (secondary N) is 3. The van der Waals surface area contributed by atoms with Crippen molar-refractivity contribution in [1.82, 2.24) is 16.0 Å². The summed E-state index contributed by atoms with van der Waals surface area (Å²) >= 11 is 0. The smallest absolute Gasteiger partial charge is 0.241 e. The molecule has 0 heterocycles. The molecule has 0 aliphatic heterocycles. The second kappa shape index (κ2) is 12.3. The summed E-state index contributed by atoms with van der Waals surface area (Å²) in [5, 5.41) is 9.12. The Kier molecular flexibility index (Phi) is 10.1. The minimum absolute atomic E-state index is 0.0588. The monoisotopic (exact) mass is 320 g/mol. The third-order valence-corrected chi connectivity index (χ3v) is 2.92. The number of benzene rings is 1. The summed E-state index contributed by atoms with van der Waals surface area (Å²) in [6, 6.07) is 9.74. The lowest BCUT2D eigenvalue weighted by molar-refractivity contribution is -0.119. The minimum Gasteiger partial charge on any atom is -0.494 e. The SMILES string of the molecule is CCCNC(=O)CN=C(NCC)NCCCOc1ccccc1. The first-order valence-corrected chi connectivity index (χ1v) is 8.23. The standard InChI is InChI=1S/C17H28N4O2/c1-3-11-19-16(22)14-21-17(18-4-2)20-12-8-13-23-15-9-6-5-7-10-15/h5-7,9-10H,3-4,8,11-14H2,1-2H3,(H,19,22)(H2,18,20,21). The van der Waals surface area contributed by atoms with Crippen LogP contribution in [0.1, 0.15) is 26.7 Å². The van der Waals surface area contributed by atoms with Crippen molar-refractivity contribution in [3.05, 3.63) is 30.3 Å². The number of guanidine groups is 1. The predicted octanol–water partition coefficient (Wildman–Crippen LogP) is 1.54. The van der Waals surface area contributed by atoms with E-state index in [1.807, 2.05) is 44.2 Å². The van der Waals surface area contributed by atoms with Crippen LogP contribution in [0.4, 0.5) is 0 Å². The Bertz CT molecular complexity index is 463. The molecule has 0 fully saturated rings.